The summed E-state index contributed by atoms with van der Waals surface area (Å²) in [5.41, 5.74) is -1.25. The topological polar surface area (TPSA) is 46.5 Å². The summed E-state index contributed by atoms with van der Waals surface area (Å²) >= 11 is 0. The number of carbonyl (C=O) groups is 1. The van der Waals surface area contributed by atoms with Crippen LogP contribution in [0.1, 0.15) is 66.7 Å². The van der Waals surface area contributed by atoms with Crippen LogP contribution in [0, 0.1) is 23.7 Å². The SMILES string of the molecule is C=C[C@@H](CCC)[C@](O)(C(=C)C)C(=O)O[C@@H]1C[C@H](C)CC[C@H]1C(C)C. The molecule has 3 nitrogen and oxygen atoms in total. The number of hydrogen-bond acceptors (Lipinski definition) is 3. The molecule has 3 heteroatoms. The fourth-order valence-corrected chi connectivity index (χ4v) is 3.93. The largest absolute Gasteiger partial charge is 0.460 e. The van der Waals surface area contributed by atoms with Crippen LogP contribution in [0.5, 0.6) is 0 Å². The van der Waals surface area contributed by atoms with Gasteiger partial charge in [0.05, 0.1) is 0 Å². The molecule has 0 saturated heterocycles. The maximum atomic E-state index is 12.9. The Kier molecular flexibility index (Phi) is 7.72. The standard InChI is InChI=1S/C21H36O3/c1-8-10-17(9-2)21(23,15(5)6)20(22)24-19-13-16(7)11-12-18(19)14(3)4/h9,14,16-19,23H,2,5,8,10-13H2,1,3-4,6-7H3/t16-,17+,18+,19-,21-/m1/s1. The zero-order valence-corrected chi connectivity index (χ0v) is 16.2. The Labute approximate surface area is 148 Å². The molecule has 1 aliphatic carbocycles. The van der Waals surface area contributed by atoms with Gasteiger partial charge in [0.2, 0.25) is 0 Å². The Morgan fingerprint density at radius 3 is 2.50 bits per heavy atom. The van der Waals surface area contributed by atoms with Gasteiger partial charge in [0.15, 0.2) is 5.60 Å². The van der Waals surface area contributed by atoms with Crippen LogP contribution < -0.4 is 0 Å². The molecule has 0 heterocycles. The Balaban J connectivity index is 3.02. The highest BCUT2D eigenvalue weighted by atomic mass is 16.6. The van der Waals surface area contributed by atoms with Crippen molar-refractivity contribution >= 4 is 5.97 Å². The van der Waals surface area contributed by atoms with Gasteiger partial charge < -0.3 is 9.84 Å². The van der Waals surface area contributed by atoms with E-state index in [9.17, 15) is 9.90 Å². The van der Waals surface area contributed by atoms with E-state index in [1.807, 2.05) is 6.92 Å². The molecule has 0 amide bonds. The second-order valence-electron chi connectivity index (χ2n) is 7.95. The highest BCUT2D eigenvalue weighted by Crippen LogP contribution is 2.38. The molecule has 0 spiro atoms. The lowest BCUT2D eigenvalue weighted by atomic mass is 9.75. The molecular weight excluding hydrogens is 300 g/mol. The zero-order valence-electron chi connectivity index (χ0n) is 16.2. The molecule has 0 aromatic heterocycles. The molecule has 0 aliphatic heterocycles. The smallest absolute Gasteiger partial charge is 0.343 e. The van der Waals surface area contributed by atoms with Gasteiger partial charge in [-0.3, -0.25) is 0 Å². The van der Waals surface area contributed by atoms with Crippen LogP contribution in [0.4, 0.5) is 0 Å². The first-order chi connectivity index (χ1) is 11.2. The molecule has 0 bridgehead atoms. The summed E-state index contributed by atoms with van der Waals surface area (Å²) in [6, 6.07) is 0. The third-order valence-corrected chi connectivity index (χ3v) is 5.60. The predicted molar refractivity (Wildman–Crippen MR) is 99.6 cm³/mol. The van der Waals surface area contributed by atoms with E-state index in [1.165, 1.54) is 6.42 Å². The summed E-state index contributed by atoms with van der Waals surface area (Å²) in [4.78, 5) is 12.9. The quantitative estimate of drug-likeness (QED) is 0.506. The molecule has 0 unspecified atom stereocenters. The van der Waals surface area contributed by atoms with Crippen molar-refractivity contribution in [2.45, 2.75) is 78.4 Å². The van der Waals surface area contributed by atoms with Crippen LogP contribution in [0.2, 0.25) is 0 Å². The van der Waals surface area contributed by atoms with E-state index in [0.29, 0.717) is 29.7 Å². The van der Waals surface area contributed by atoms with Crippen molar-refractivity contribution in [2.75, 3.05) is 0 Å². The summed E-state index contributed by atoms with van der Waals surface area (Å²) in [5, 5.41) is 11.1. The van der Waals surface area contributed by atoms with E-state index < -0.39 is 11.6 Å². The molecule has 0 radical (unpaired) electrons. The summed E-state index contributed by atoms with van der Waals surface area (Å²) < 4.78 is 5.89. The van der Waals surface area contributed by atoms with E-state index in [4.69, 9.17) is 4.74 Å². The van der Waals surface area contributed by atoms with E-state index in [0.717, 1.165) is 19.3 Å². The first-order valence-corrected chi connectivity index (χ1v) is 9.40. The van der Waals surface area contributed by atoms with Crippen molar-refractivity contribution in [3.63, 3.8) is 0 Å². The molecule has 1 fully saturated rings. The molecule has 5 atom stereocenters. The zero-order chi connectivity index (χ0) is 18.5. The van der Waals surface area contributed by atoms with Crippen LogP contribution in [0.25, 0.3) is 0 Å². The summed E-state index contributed by atoms with van der Waals surface area (Å²) in [6.45, 7) is 17.9. The maximum Gasteiger partial charge on any atom is 0.343 e. The number of carbonyl (C=O) groups excluding carboxylic acids is 1. The molecular formula is C21H36O3. The van der Waals surface area contributed by atoms with E-state index in [1.54, 1.807) is 13.0 Å². The van der Waals surface area contributed by atoms with Crippen LogP contribution in [-0.4, -0.2) is 22.8 Å². The fourth-order valence-electron chi connectivity index (χ4n) is 3.93. The van der Waals surface area contributed by atoms with Crippen LogP contribution in [0.15, 0.2) is 24.8 Å². The molecule has 1 N–H and O–H groups in total. The third kappa shape index (κ3) is 4.50. The molecule has 138 valence electrons. The van der Waals surface area contributed by atoms with Crippen molar-refractivity contribution < 1.29 is 14.6 Å². The summed E-state index contributed by atoms with van der Waals surface area (Å²) in [6.07, 6.45) is 6.18. The normalized spacial score (nSPS) is 28.0. The van der Waals surface area contributed by atoms with E-state index in [2.05, 4.69) is 33.9 Å². The second-order valence-corrected chi connectivity index (χ2v) is 7.95. The van der Waals surface area contributed by atoms with Gasteiger partial charge in [0.25, 0.3) is 0 Å². The van der Waals surface area contributed by atoms with Crippen LogP contribution in [0.3, 0.4) is 0 Å². The highest BCUT2D eigenvalue weighted by molar-refractivity contribution is 5.84. The van der Waals surface area contributed by atoms with Crippen molar-refractivity contribution in [3.05, 3.63) is 24.8 Å². The Hall–Kier alpha value is -1.09. The van der Waals surface area contributed by atoms with E-state index >= 15 is 0 Å². The van der Waals surface area contributed by atoms with E-state index in [-0.39, 0.29) is 12.0 Å². The van der Waals surface area contributed by atoms with Gasteiger partial charge in [-0.25, -0.2) is 4.79 Å². The molecule has 0 aromatic rings. The maximum absolute atomic E-state index is 12.9. The second kappa shape index (κ2) is 8.84. The van der Waals surface area contributed by atoms with Crippen molar-refractivity contribution in [1.29, 1.82) is 0 Å². The molecule has 0 aromatic carbocycles. The molecule has 1 aliphatic rings. The molecule has 1 rings (SSSR count). The number of rotatable bonds is 8. The van der Waals surface area contributed by atoms with Gasteiger partial charge in [-0.15, -0.1) is 6.58 Å². The minimum absolute atomic E-state index is 0.126. The first-order valence-electron chi connectivity index (χ1n) is 9.40. The highest BCUT2D eigenvalue weighted by Gasteiger charge is 2.46. The lowest BCUT2D eigenvalue weighted by Gasteiger charge is -2.40. The summed E-state index contributed by atoms with van der Waals surface area (Å²) in [7, 11) is 0. The average molecular weight is 337 g/mol. The Bertz CT molecular complexity index is 454. The van der Waals surface area contributed by atoms with Gasteiger partial charge >= 0.3 is 5.97 Å². The van der Waals surface area contributed by atoms with Crippen molar-refractivity contribution in [2.24, 2.45) is 23.7 Å². The number of ether oxygens (including phenoxy) is 1. The minimum atomic E-state index is -1.68. The lowest BCUT2D eigenvalue weighted by molar-refractivity contribution is -0.177. The van der Waals surface area contributed by atoms with Gasteiger partial charge in [-0.05, 0) is 49.5 Å². The Morgan fingerprint density at radius 1 is 1.42 bits per heavy atom. The average Bonchev–Trinajstić information content (AvgIpc) is 2.51. The van der Waals surface area contributed by atoms with Crippen molar-refractivity contribution in [1.82, 2.24) is 0 Å². The Morgan fingerprint density at radius 2 is 2.04 bits per heavy atom. The fraction of sp³-hybridized carbons (Fsp3) is 0.762. The van der Waals surface area contributed by atoms with Crippen molar-refractivity contribution in [3.8, 4) is 0 Å². The third-order valence-electron chi connectivity index (χ3n) is 5.60. The molecule has 1 saturated carbocycles. The van der Waals surface area contributed by atoms with Crippen LogP contribution in [-0.2, 0) is 9.53 Å². The van der Waals surface area contributed by atoms with Crippen LogP contribution >= 0.6 is 0 Å². The van der Waals surface area contributed by atoms with Gasteiger partial charge in [0, 0.05) is 5.92 Å². The molecule has 24 heavy (non-hydrogen) atoms. The monoisotopic (exact) mass is 336 g/mol. The van der Waals surface area contributed by atoms with Gasteiger partial charge in [0.1, 0.15) is 6.10 Å². The first kappa shape index (κ1) is 21.0. The van der Waals surface area contributed by atoms with Gasteiger partial charge in [-0.2, -0.15) is 0 Å². The van der Waals surface area contributed by atoms with Gasteiger partial charge in [-0.1, -0.05) is 53.2 Å². The summed E-state index contributed by atoms with van der Waals surface area (Å²) in [5.74, 6) is 0.428. The number of aliphatic hydroxyl groups is 1. The number of esters is 1. The lowest BCUT2D eigenvalue weighted by Crippen LogP contribution is -2.50. The predicted octanol–water partition coefficient (Wildman–Crippen LogP) is 4.90. The number of hydrogen-bond donors (Lipinski definition) is 1. The minimum Gasteiger partial charge on any atom is -0.460 e.